The highest BCUT2D eigenvalue weighted by Gasteiger charge is 2.33. The smallest absolute Gasteiger partial charge is 0.0667 e. The van der Waals surface area contributed by atoms with Gasteiger partial charge in [-0.2, -0.15) is 0 Å². The number of fused-ring (bicyclic) bond motifs is 6. The van der Waals surface area contributed by atoms with Crippen molar-refractivity contribution in [2.24, 2.45) is 0 Å². The van der Waals surface area contributed by atoms with Gasteiger partial charge in [0.05, 0.1) is 24.0 Å². The Labute approximate surface area is 274 Å². The van der Waals surface area contributed by atoms with Crippen molar-refractivity contribution < 1.29 is 10.2 Å². The molecule has 0 amide bonds. The van der Waals surface area contributed by atoms with Crippen LogP contribution in [0.25, 0.3) is 21.8 Å². The number of aromatic amines is 2. The molecule has 0 saturated carbocycles. The maximum atomic E-state index is 10.6. The van der Waals surface area contributed by atoms with E-state index in [-0.39, 0.29) is 24.0 Å². The van der Waals surface area contributed by atoms with Gasteiger partial charge in [-0.05, 0) is 98.2 Å². The summed E-state index contributed by atoms with van der Waals surface area (Å²) in [6, 6.07) is 29.7. The molecular weight excluding hydrogens is 676 g/mol. The lowest BCUT2D eigenvalue weighted by atomic mass is 9.80. The van der Waals surface area contributed by atoms with Crippen molar-refractivity contribution in [2.45, 2.75) is 63.6 Å². The SMILES string of the molecule is Cc1ccc(C2c3[nH]c4ccc(Br)cc4c3CCC2O)cc1.Cc1ccc(C2c3[nH]c4ccc(Br)cc4c3CCC2O)cc1. The summed E-state index contributed by atoms with van der Waals surface area (Å²) in [5, 5.41) is 23.7. The Kier molecular flexibility index (Phi) is 8.04. The summed E-state index contributed by atoms with van der Waals surface area (Å²) in [7, 11) is 0. The molecule has 4 nitrogen and oxygen atoms in total. The molecule has 6 heteroatoms. The van der Waals surface area contributed by atoms with Crippen molar-refractivity contribution >= 4 is 53.7 Å². The number of rotatable bonds is 2. The fourth-order valence-electron chi connectivity index (χ4n) is 7.18. The predicted octanol–water partition coefficient (Wildman–Crippen LogP) is 9.36. The van der Waals surface area contributed by atoms with E-state index < -0.39 is 0 Å². The van der Waals surface area contributed by atoms with Crippen LogP contribution in [0, 0.1) is 13.8 Å². The highest BCUT2D eigenvalue weighted by molar-refractivity contribution is 9.10. The minimum atomic E-state index is -0.327. The van der Waals surface area contributed by atoms with Gasteiger partial charge >= 0.3 is 0 Å². The molecule has 44 heavy (non-hydrogen) atoms. The summed E-state index contributed by atoms with van der Waals surface area (Å²) in [6.07, 6.45) is 2.82. The Bertz CT molecular complexity index is 1810. The molecule has 2 aliphatic carbocycles. The Morgan fingerprint density at radius 2 is 0.955 bits per heavy atom. The molecule has 2 aromatic heterocycles. The van der Waals surface area contributed by atoms with Crippen LogP contribution >= 0.6 is 31.9 Å². The fraction of sp³-hybridized carbons (Fsp3) is 0.263. The van der Waals surface area contributed by atoms with Crippen LogP contribution in [0.2, 0.25) is 0 Å². The first kappa shape index (κ1) is 29.5. The third-order valence-corrected chi connectivity index (χ3v) is 10.4. The molecular formula is C38H36Br2N2O2. The molecule has 0 aliphatic heterocycles. The van der Waals surface area contributed by atoms with Crippen molar-refractivity contribution in [3.05, 3.63) is 139 Å². The number of nitrogens with one attached hydrogen (secondary N) is 2. The summed E-state index contributed by atoms with van der Waals surface area (Å²) in [5.74, 6) is 0.0750. The lowest BCUT2D eigenvalue weighted by molar-refractivity contribution is 0.138. The van der Waals surface area contributed by atoms with Gasteiger partial charge in [0.25, 0.3) is 0 Å². The summed E-state index contributed by atoms with van der Waals surface area (Å²) in [4.78, 5) is 7.11. The number of hydrogen-bond donors (Lipinski definition) is 4. The van der Waals surface area contributed by atoms with E-state index in [0.29, 0.717) is 0 Å². The second-order valence-corrected chi connectivity index (χ2v) is 14.2. The molecule has 0 radical (unpaired) electrons. The quantitative estimate of drug-likeness (QED) is 0.145. The number of H-pyrrole nitrogens is 2. The van der Waals surface area contributed by atoms with Crippen LogP contribution in [0.4, 0.5) is 0 Å². The molecule has 0 fully saturated rings. The molecule has 2 aliphatic rings. The summed E-state index contributed by atoms with van der Waals surface area (Å²) >= 11 is 7.12. The highest BCUT2D eigenvalue weighted by atomic mass is 79.9. The van der Waals surface area contributed by atoms with E-state index in [1.54, 1.807) is 0 Å². The number of hydrogen-bond acceptors (Lipinski definition) is 2. The number of aliphatic hydroxyl groups excluding tert-OH is 2. The molecule has 6 aromatic rings. The maximum Gasteiger partial charge on any atom is 0.0667 e. The molecule has 2 heterocycles. The standard InChI is InChI=1S/2C19H18BrNO/c2*1-11-2-4-12(5-3-11)18-17(22)9-7-14-15-10-13(20)6-8-16(15)21-19(14)18/h2*2-6,8,10,17-18,21-22H,7,9H2,1H3. The number of benzene rings is 4. The number of aromatic nitrogens is 2. The van der Waals surface area contributed by atoms with Crippen molar-refractivity contribution in [2.75, 3.05) is 0 Å². The van der Waals surface area contributed by atoms with Crippen LogP contribution < -0.4 is 0 Å². The van der Waals surface area contributed by atoms with Crippen molar-refractivity contribution in [3.63, 3.8) is 0 Å². The third kappa shape index (κ3) is 5.47. The van der Waals surface area contributed by atoms with Crippen LogP contribution in [0.5, 0.6) is 0 Å². The molecule has 0 bridgehead atoms. The van der Waals surface area contributed by atoms with Gasteiger partial charge in [-0.1, -0.05) is 91.5 Å². The topological polar surface area (TPSA) is 72.0 Å². The zero-order chi connectivity index (χ0) is 30.5. The normalized spacial score (nSPS) is 21.0. The zero-order valence-electron chi connectivity index (χ0n) is 24.9. The lowest BCUT2D eigenvalue weighted by Gasteiger charge is -2.28. The van der Waals surface area contributed by atoms with Gasteiger partial charge in [0.2, 0.25) is 0 Å². The predicted molar refractivity (Wildman–Crippen MR) is 187 cm³/mol. The minimum Gasteiger partial charge on any atom is -0.392 e. The van der Waals surface area contributed by atoms with Crippen LogP contribution in [0.1, 0.15) is 69.4 Å². The van der Waals surface area contributed by atoms with E-state index in [0.717, 1.165) is 45.7 Å². The monoisotopic (exact) mass is 710 g/mol. The first-order valence-corrected chi connectivity index (χ1v) is 16.9. The summed E-state index contributed by atoms with van der Waals surface area (Å²) in [5.41, 5.74) is 12.2. The number of aliphatic hydroxyl groups is 2. The Hall–Kier alpha value is -3.16. The van der Waals surface area contributed by atoms with Gasteiger partial charge in [0.15, 0.2) is 0 Å². The maximum absolute atomic E-state index is 10.6. The first-order chi connectivity index (χ1) is 21.3. The average Bonchev–Trinajstić information content (AvgIpc) is 3.56. The van der Waals surface area contributed by atoms with E-state index in [9.17, 15) is 10.2 Å². The largest absolute Gasteiger partial charge is 0.392 e. The van der Waals surface area contributed by atoms with Crippen LogP contribution in [0.15, 0.2) is 93.9 Å². The van der Waals surface area contributed by atoms with Gasteiger partial charge in [0.1, 0.15) is 0 Å². The minimum absolute atomic E-state index is 0.0375. The lowest BCUT2D eigenvalue weighted by Crippen LogP contribution is -2.26. The number of aryl methyl sites for hydroxylation is 4. The Morgan fingerprint density at radius 3 is 1.34 bits per heavy atom. The number of halogens is 2. The van der Waals surface area contributed by atoms with E-state index >= 15 is 0 Å². The molecule has 8 rings (SSSR count). The van der Waals surface area contributed by atoms with E-state index in [4.69, 9.17) is 0 Å². The van der Waals surface area contributed by atoms with E-state index in [1.165, 1.54) is 55.5 Å². The van der Waals surface area contributed by atoms with Crippen molar-refractivity contribution in [1.29, 1.82) is 0 Å². The molecule has 4 N–H and O–H groups in total. The second-order valence-electron chi connectivity index (χ2n) is 12.4. The third-order valence-electron chi connectivity index (χ3n) is 9.45. The highest BCUT2D eigenvalue weighted by Crippen LogP contribution is 2.42. The van der Waals surface area contributed by atoms with Crippen molar-refractivity contribution in [3.8, 4) is 0 Å². The molecule has 4 aromatic carbocycles. The molecule has 224 valence electrons. The van der Waals surface area contributed by atoms with E-state index in [2.05, 4.69) is 141 Å². The summed E-state index contributed by atoms with van der Waals surface area (Å²) in [6.45, 7) is 4.18. The van der Waals surface area contributed by atoms with Gasteiger partial charge in [-0.3, -0.25) is 0 Å². The second kappa shape index (κ2) is 12.0. The van der Waals surface area contributed by atoms with Crippen LogP contribution in [-0.4, -0.2) is 32.4 Å². The zero-order valence-corrected chi connectivity index (χ0v) is 28.0. The van der Waals surface area contributed by atoms with E-state index in [1.807, 2.05) is 0 Å². The van der Waals surface area contributed by atoms with Crippen LogP contribution in [-0.2, 0) is 12.8 Å². The molecule has 0 saturated heterocycles. The van der Waals surface area contributed by atoms with Crippen LogP contribution in [0.3, 0.4) is 0 Å². The van der Waals surface area contributed by atoms with Gasteiger partial charge in [0, 0.05) is 42.1 Å². The van der Waals surface area contributed by atoms with Crippen molar-refractivity contribution in [1.82, 2.24) is 9.97 Å². The first-order valence-electron chi connectivity index (χ1n) is 15.4. The molecule has 4 atom stereocenters. The van der Waals surface area contributed by atoms with Gasteiger partial charge < -0.3 is 20.2 Å². The van der Waals surface area contributed by atoms with Gasteiger partial charge in [-0.25, -0.2) is 0 Å². The summed E-state index contributed by atoms with van der Waals surface area (Å²) < 4.78 is 2.19. The molecule has 0 spiro atoms. The molecule has 4 unspecified atom stereocenters. The van der Waals surface area contributed by atoms with Gasteiger partial charge in [-0.15, -0.1) is 0 Å². The fourth-order valence-corrected chi connectivity index (χ4v) is 7.90. The Balaban J connectivity index is 0.000000142. The Morgan fingerprint density at radius 1 is 0.568 bits per heavy atom. The average molecular weight is 713 g/mol.